The number of nitriles is 1. The number of hydrogen-bond acceptors (Lipinski definition) is 1. The number of rotatable bonds is 10. The normalized spacial score (nSPS) is 20.7. The van der Waals surface area contributed by atoms with Gasteiger partial charge in [0.1, 0.15) is 6.07 Å². The Labute approximate surface area is 159 Å². The molecule has 1 saturated carbocycles. The zero-order chi connectivity index (χ0) is 18.6. The van der Waals surface area contributed by atoms with Gasteiger partial charge < -0.3 is 0 Å². The quantitative estimate of drug-likeness (QED) is 0.312. The molecule has 0 radical (unpaired) electrons. The fourth-order valence-corrected chi connectivity index (χ4v) is 4.17. The van der Waals surface area contributed by atoms with Crippen LogP contribution in [0, 0.1) is 17.2 Å². The van der Waals surface area contributed by atoms with Gasteiger partial charge in [-0.15, -0.1) is 0 Å². The van der Waals surface area contributed by atoms with E-state index in [0.717, 1.165) is 6.42 Å². The summed E-state index contributed by atoms with van der Waals surface area (Å²) in [4.78, 5) is 0. The monoisotopic (exact) mass is 355 g/mol. The van der Waals surface area contributed by atoms with Crippen molar-refractivity contribution in [3.8, 4) is 6.07 Å². The number of unbranched alkanes of at least 4 members (excludes halogenated alkanes) is 4. The molecule has 1 aromatic carbocycles. The minimum Gasteiger partial charge on any atom is -0.195 e. The number of hydrogen-bond donors (Lipinski definition) is 0. The maximum absolute atomic E-state index is 12.8. The molecule has 0 aromatic heterocycles. The minimum atomic E-state index is -0.635. The van der Waals surface area contributed by atoms with Crippen molar-refractivity contribution in [1.29, 1.82) is 5.26 Å². The van der Waals surface area contributed by atoms with Crippen LogP contribution in [-0.2, 0) is 6.42 Å². The predicted octanol–water partition coefficient (Wildman–Crippen LogP) is 7.63. The first-order chi connectivity index (χ1) is 12.7. The van der Waals surface area contributed by atoms with Crippen LogP contribution in [0.25, 0.3) is 0 Å². The van der Waals surface area contributed by atoms with Crippen molar-refractivity contribution in [1.82, 2.24) is 0 Å². The third-order valence-electron chi connectivity index (χ3n) is 5.87. The molecule has 1 fully saturated rings. The lowest BCUT2D eigenvalue weighted by Crippen LogP contribution is -2.13. The standard InChI is InChI=1S/C24H34FN/c1-2-3-4-5-6-8-20-11-15-22(16-12-20)23-17-13-21(14-18-23)9-7-10-24(25)19-26/h10-12,15-16,21,23H,2-9,13-14,17-18H2,1H3/b24-10-/t21-,23-. The molecule has 142 valence electrons. The zero-order valence-corrected chi connectivity index (χ0v) is 16.4. The summed E-state index contributed by atoms with van der Waals surface area (Å²) in [6.45, 7) is 2.26. The van der Waals surface area contributed by atoms with Crippen molar-refractivity contribution in [2.24, 2.45) is 5.92 Å². The summed E-state index contributed by atoms with van der Waals surface area (Å²) < 4.78 is 12.8. The van der Waals surface area contributed by atoms with Crippen molar-refractivity contribution < 1.29 is 4.39 Å². The molecule has 2 heteroatoms. The maximum Gasteiger partial charge on any atom is 0.196 e. The highest BCUT2D eigenvalue weighted by molar-refractivity contribution is 5.26. The van der Waals surface area contributed by atoms with E-state index in [9.17, 15) is 4.39 Å². The second-order valence-electron chi connectivity index (χ2n) is 7.86. The van der Waals surface area contributed by atoms with Crippen LogP contribution in [0.5, 0.6) is 0 Å². The summed E-state index contributed by atoms with van der Waals surface area (Å²) >= 11 is 0. The number of nitrogens with zero attached hydrogens (tertiary/aromatic N) is 1. The average molecular weight is 356 g/mol. The van der Waals surface area contributed by atoms with Crippen LogP contribution >= 0.6 is 0 Å². The van der Waals surface area contributed by atoms with Crippen LogP contribution < -0.4 is 0 Å². The van der Waals surface area contributed by atoms with E-state index in [0.29, 0.717) is 18.3 Å². The second kappa shape index (κ2) is 11.9. The molecule has 0 aliphatic heterocycles. The van der Waals surface area contributed by atoms with E-state index in [-0.39, 0.29) is 0 Å². The molecule has 0 saturated heterocycles. The molecule has 0 heterocycles. The molecular formula is C24H34FN. The molecule has 0 N–H and O–H groups in total. The van der Waals surface area contributed by atoms with Gasteiger partial charge in [-0.25, -0.2) is 0 Å². The van der Waals surface area contributed by atoms with Gasteiger partial charge in [0.15, 0.2) is 5.83 Å². The van der Waals surface area contributed by atoms with E-state index < -0.39 is 5.83 Å². The molecular weight excluding hydrogens is 321 g/mol. The Hall–Kier alpha value is -1.62. The first-order valence-electron chi connectivity index (χ1n) is 10.6. The Kier molecular flexibility index (Phi) is 9.46. The van der Waals surface area contributed by atoms with Crippen molar-refractivity contribution in [2.75, 3.05) is 0 Å². The maximum atomic E-state index is 12.8. The topological polar surface area (TPSA) is 23.8 Å². The van der Waals surface area contributed by atoms with E-state index in [1.807, 2.05) is 0 Å². The van der Waals surface area contributed by atoms with Gasteiger partial charge in [0.05, 0.1) is 0 Å². The Morgan fingerprint density at radius 1 is 1.08 bits per heavy atom. The van der Waals surface area contributed by atoms with Gasteiger partial charge >= 0.3 is 0 Å². The van der Waals surface area contributed by atoms with E-state index in [1.54, 1.807) is 6.07 Å². The van der Waals surface area contributed by atoms with E-state index >= 15 is 0 Å². The molecule has 2 rings (SSSR count). The second-order valence-corrected chi connectivity index (χ2v) is 7.86. The van der Waals surface area contributed by atoms with Gasteiger partial charge in [-0.3, -0.25) is 0 Å². The van der Waals surface area contributed by atoms with Crippen molar-refractivity contribution in [3.05, 3.63) is 47.3 Å². The minimum absolute atomic E-state index is 0.635. The molecule has 0 atom stereocenters. The van der Waals surface area contributed by atoms with E-state index in [4.69, 9.17) is 5.26 Å². The highest BCUT2D eigenvalue weighted by atomic mass is 19.1. The van der Waals surface area contributed by atoms with Crippen molar-refractivity contribution in [2.45, 2.75) is 89.9 Å². The van der Waals surface area contributed by atoms with Crippen LogP contribution in [0.4, 0.5) is 4.39 Å². The highest BCUT2D eigenvalue weighted by Gasteiger charge is 2.21. The Balaban J connectivity index is 1.69. The average Bonchev–Trinajstić information content (AvgIpc) is 2.69. The first kappa shape index (κ1) is 20.7. The molecule has 0 amide bonds. The van der Waals surface area contributed by atoms with E-state index in [1.165, 1.54) is 81.4 Å². The van der Waals surface area contributed by atoms with Gasteiger partial charge in [-0.05, 0) is 80.4 Å². The van der Waals surface area contributed by atoms with Crippen molar-refractivity contribution >= 4 is 0 Å². The molecule has 0 spiro atoms. The van der Waals surface area contributed by atoms with Gasteiger partial charge in [0.25, 0.3) is 0 Å². The Morgan fingerprint density at radius 2 is 1.77 bits per heavy atom. The summed E-state index contributed by atoms with van der Waals surface area (Å²) in [6, 6.07) is 10.9. The lowest BCUT2D eigenvalue weighted by Gasteiger charge is -2.28. The smallest absolute Gasteiger partial charge is 0.195 e. The number of aryl methyl sites for hydroxylation is 1. The van der Waals surface area contributed by atoms with Crippen LogP contribution in [-0.4, -0.2) is 0 Å². The number of benzene rings is 1. The lowest BCUT2D eigenvalue weighted by atomic mass is 9.77. The SMILES string of the molecule is CCCCCCCc1ccc([C@H]2CC[C@H](CC/C=C(\F)C#N)CC2)cc1. The van der Waals surface area contributed by atoms with Crippen LogP contribution in [0.3, 0.4) is 0 Å². The summed E-state index contributed by atoms with van der Waals surface area (Å²) in [5.74, 6) is 0.747. The predicted molar refractivity (Wildman–Crippen MR) is 108 cm³/mol. The largest absolute Gasteiger partial charge is 0.196 e. The van der Waals surface area contributed by atoms with E-state index in [2.05, 4.69) is 31.2 Å². The van der Waals surface area contributed by atoms with Gasteiger partial charge in [-0.2, -0.15) is 9.65 Å². The Morgan fingerprint density at radius 3 is 2.42 bits per heavy atom. The summed E-state index contributed by atoms with van der Waals surface area (Å²) in [7, 11) is 0. The van der Waals surface area contributed by atoms with Crippen LogP contribution in [0.1, 0.15) is 94.6 Å². The van der Waals surface area contributed by atoms with Crippen molar-refractivity contribution in [3.63, 3.8) is 0 Å². The highest BCUT2D eigenvalue weighted by Crippen LogP contribution is 2.37. The fourth-order valence-electron chi connectivity index (χ4n) is 4.17. The van der Waals surface area contributed by atoms with Crippen LogP contribution in [0.2, 0.25) is 0 Å². The molecule has 1 nitrogen and oxygen atoms in total. The summed E-state index contributed by atoms with van der Waals surface area (Å²) in [5, 5.41) is 8.44. The molecule has 0 unspecified atom stereocenters. The number of halogens is 1. The number of allylic oxidation sites excluding steroid dienone is 2. The lowest BCUT2D eigenvalue weighted by molar-refractivity contribution is 0.311. The van der Waals surface area contributed by atoms with Gasteiger partial charge in [-0.1, -0.05) is 56.9 Å². The summed E-state index contributed by atoms with van der Waals surface area (Å²) in [6.07, 6.45) is 16.0. The molecule has 1 aliphatic carbocycles. The van der Waals surface area contributed by atoms with Gasteiger partial charge in [0, 0.05) is 0 Å². The Bertz CT molecular complexity index is 573. The van der Waals surface area contributed by atoms with Crippen LogP contribution in [0.15, 0.2) is 36.2 Å². The summed E-state index contributed by atoms with van der Waals surface area (Å²) in [5.41, 5.74) is 2.97. The first-order valence-corrected chi connectivity index (χ1v) is 10.6. The molecule has 1 aromatic rings. The third-order valence-corrected chi connectivity index (χ3v) is 5.87. The molecule has 26 heavy (non-hydrogen) atoms. The zero-order valence-electron chi connectivity index (χ0n) is 16.4. The van der Waals surface area contributed by atoms with Gasteiger partial charge in [0.2, 0.25) is 0 Å². The molecule has 0 bridgehead atoms. The molecule has 1 aliphatic rings. The third kappa shape index (κ3) is 7.32. The fraction of sp³-hybridized carbons (Fsp3) is 0.625.